The van der Waals surface area contributed by atoms with Gasteiger partial charge in [0.2, 0.25) is 0 Å². The molecule has 1 aromatic rings. The third-order valence-corrected chi connectivity index (χ3v) is 4.42. The molecule has 17 heavy (non-hydrogen) atoms. The quantitative estimate of drug-likeness (QED) is 0.694. The molecule has 1 aromatic carbocycles. The Bertz CT molecular complexity index is 337. The van der Waals surface area contributed by atoms with Gasteiger partial charge in [-0.05, 0) is 35.4 Å². The van der Waals surface area contributed by atoms with Crippen LogP contribution >= 0.6 is 15.9 Å². The van der Waals surface area contributed by atoms with E-state index >= 15 is 0 Å². The normalized spacial score (nSPS) is 15.4. The number of alkyl halides is 1. The van der Waals surface area contributed by atoms with Crippen molar-refractivity contribution in [1.82, 2.24) is 0 Å². The van der Waals surface area contributed by atoms with Gasteiger partial charge in [-0.2, -0.15) is 0 Å². The Hall–Kier alpha value is -0.500. The van der Waals surface area contributed by atoms with E-state index in [2.05, 4.69) is 55.8 Å². The number of hydrogen-bond donors (Lipinski definition) is 0. The standard InChI is InChI=1S/C15H23BrO/c1-11(15(2,3)4)10-14(16)12-6-8-13(17-5)9-7-12/h6-9,11,14H,10H2,1-5H3. The zero-order valence-electron chi connectivity index (χ0n) is 11.5. The summed E-state index contributed by atoms with van der Waals surface area (Å²) in [5, 5.41) is 0. The second kappa shape index (κ2) is 5.90. The maximum Gasteiger partial charge on any atom is 0.118 e. The number of halogens is 1. The van der Waals surface area contributed by atoms with Crippen LogP contribution in [0.5, 0.6) is 5.75 Å². The van der Waals surface area contributed by atoms with Gasteiger partial charge in [0, 0.05) is 4.83 Å². The molecule has 1 nitrogen and oxygen atoms in total. The first-order valence-corrected chi connectivity index (χ1v) is 7.04. The van der Waals surface area contributed by atoms with Crippen LogP contribution in [0, 0.1) is 11.3 Å². The van der Waals surface area contributed by atoms with E-state index < -0.39 is 0 Å². The van der Waals surface area contributed by atoms with Crippen molar-refractivity contribution in [3.63, 3.8) is 0 Å². The van der Waals surface area contributed by atoms with Crippen LogP contribution in [0.15, 0.2) is 24.3 Å². The summed E-state index contributed by atoms with van der Waals surface area (Å²) < 4.78 is 5.17. The fraction of sp³-hybridized carbons (Fsp3) is 0.600. The highest BCUT2D eigenvalue weighted by Crippen LogP contribution is 2.37. The molecule has 0 saturated heterocycles. The van der Waals surface area contributed by atoms with Crippen LogP contribution in [0.1, 0.15) is 44.5 Å². The number of hydrogen-bond acceptors (Lipinski definition) is 1. The number of methoxy groups -OCH3 is 1. The van der Waals surface area contributed by atoms with Crippen molar-refractivity contribution in [1.29, 1.82) is 0 Å². The lowest BCUT2D eigenvalue weighted by Gasteiger charge is -2.29. The van der Waals surface area contributed by atoms with Crippen molar-refractivity contribution < 1.29 is 4.74 Å². The summed E-state index contributed by atoms with van der Waals surface area (Å²) in [7, 11) is 1.70. The molecule has 0 N–H and O–H groups in total. The summed E-state index contributed by atoms with van der Waals surface area (Å²) in [5.74, 6) is 1.59. The Morgan fingerprint density at radius 1 is 1.18 bits per heavy atom. The maximum absolute atomic E-state index is 5.17. The molecule has 0 aromatic heterocycles. The van der Waals surface area contributed by atoms with Crippen LogP contribution < -0.4 is 4.74 Å². The second-order valence-corrected chi connectivity index (χ2v) is 6.85. The Kier molecular flexibility index (Phi) is 5.05. The van der Waals surface area contributed by atoms with Crippen LogP contribution in [-0.2, 0) is 0 Å². The minimum absolute atomic E-state index is 0.360. The molecule has 2 heteroatoms. The summed E-state index contributed by atoms with van der Waals surface area (Å²) in [6.07, 6.45) is 1.15. The van der Waals surface area contributed by atoms with Gasteiger partial charge in [0.15, 0.2) is 0 Å². The first kappa shape index (κ1) is 14.6. The number of benzene rings is 1. The minimum Gasteiger partial charge on any atom is -0.497 e. The summed E-state index contributed by atoms with van der Waals surface area (Å²) in [6.45, 7) is 9.21. The Morgan fingerprint density at radius 3 is 2.12 bits per heavy atom. The average Bonchev–Trinajstić information content (AvgIpc) is 2.27. The van der Waals surface area contributed by atoms with Crippen molar-refractivity contribution in [2.45, 2.75) is 38.9 Å². The van der Waals surface area contributed by atoms with Crippen LogP contribution in [0.2, 0.25) is 0 Å². The van der Waals surface area contributed by atoms with Gasteiger partial charge in [-0.1, -0.05) is 55.8 Å². The van der Waals surface area contributed by atoms with Crippen LogP contribution in [0.25, 0.3) is 0 Å². The molecule has 1 rings (SSSR count). The third-order valence-electron chi connectivity index (χ3n) is 3.52. The van der Waals surface area contributed by atoms with E-state index in [0.717, 1.165) is 12.2 Å². The summed E-state index contributed by atoms with van der Waals surface area (Å²) in [4.78, 5) is 0.419. The predicted octanol–water partition coefficient (Wildman–Crippen LogP) is 5.20. The highest BCUT2D eigenvalue weighted by Gasteiger charge is 2.23. The lowest BCUT2D eigenvalue weighted by atomic mass is 9.79. The first-order chi connectivity index (χ1) is 7.84. The van der Waals surface area contributed by atoms with E-state index in [9.17, 15) is 0 Å². The van der Waals surface area contributed by atoms with Gasteiger partial charge in [0.1, 0.15) is 5.75 Å². The first-order valence-electron chi connectivity index (χ1n) is 6.12. The second-order valence-electron chi connectivity index (χ2n) is 5.74. The molecule has 0 saturated carbocycles. The topological polar surface area (TPSA) is 9.23 Å². The summed E-state index contributed by atoms with van der Waals surface area (Å²) >= 11 is 3.78. The van der Waals surface area contributed by atoms with Crippen molar-refractivity contribution in [3.05, 3.63) is 29.8 Å². The van der Waals surface area contributed by atoms with Crippen molar-refractivity contribution in [3.8, 4) is 5.75 Å². The molecular formula is C15H23BrO. The zero-order valence-corrected chi connectivity index (χ0v) is 13.0. The minimum atomic E-state index is 0.360. The lowest BCUT2D eigenvalue weighted by molar-refractivity contribution is 0.246. The molecule has 0 heterocycles. The number of rotatable bonds is 4. The molecule has 96 valence electrons. The summed E-state index contributed by atoms with van der Waals surface area (Å²) in [5.41, 5.74) is 1.68. The molecule has 2 unspecified atom stereocenters. The zero-order chi connectivity index (χ0) is 13.1. The Morgan fingerprint density at radius 2 is 1.71 bits per heavy atom. The van der Waals surface area contributed by atoms with Crippen LogP contribution in [-0.4, -0.2) is 7.11 Å². The lowest BCUT2D eigenvalue weighted by Crippen LogP contribution is -2.18. The van der Waals surface area contributed by atoms with Crippen molar-refractivity contribution >= 4 is 15.9 Å². The molecule has 0 amide bonds. The number of ether oxygens (including phenoxy) is 1. The van der Waals surface area contributed by atoms with Gasteiger partial charge >= 0.3 is 0 Å². The molecule has 2 atom stereocenters. The van der Waals surface area contributed by atoms with Crippen LogP contribution in [0.4, 0.5) is 0 Å². The molecule has 0 spiro atoms. The fourth-order valence-corrected chi connectivity index (χ4v) is 2.48. The smallest absolute Gasteiger partial charge is 0.118 e. The van der Waals surface area contributed by atoms with Gasteiger partial charge in [-0.3, -0.25) is 0 Å². The fourth-order valence-electron chi connectivity index (χ4n) is 1.61. The third kappa shape index (κ3) is 4.34. The van der Waals surface area contributed by atoms with Gasteiger partial charge in [0.25, 0.3) is 0 Å². The van der Waals surface area contributed by atoms with Crippen LogP contribution in [0.3, 0.4) is 0 Å². The maximum atomic E-state index is 5.17. The Balaban J connectivity index is 2.66. The van der Waals surface area contributed by atoms with Crippen molar-refractivity contribution in [2.24, 2.45) is 11.3 Å². The molecule has 0 fully saturated rings. The molecule has 0 radical (unpaired) electrons. The monoisotopic (exact) mass is 298 g/mol. The highest BCUT2D eigenvalue weighted by molar-refractivity contribution is 9.09. The van der Waals surface area contributed by atoms with E-state index in [1.807, 2.05) is 12.1 Å². The van der Waals surface area contributed by atoms with E-state index in [4.69, 9.17) is 4.74 Å². The van der Waals surface area contributed by atoms with Crippen molar-refractivity contribution in [2.75, 3.05) is 7.11 Å². The molecule has 0 aliphatic carbocycles. The predicted molar refractivity (Wildman–Crippen MR) is 77.9 cm³/mol. The van der Waals surface area contributed by atoms with E-state index in [-0.39, 0.29) is 0 Å². The van der Waals surface area contributed by atoms with Gasteiger partial charge in [-0.15, -0.1) is 0 Å². The summed E-state index contributed by atoms with van der Waals surface area (Å²) in [6, 6.07) is 8.30. The van der Waals surface area contributed by atoms with Gasteiger partial charge < -0.3 is 4.74 Å². The van der Waals surface area contributed by atoms with Gasteiger partial charge in [-0.25, -0.2) is 0 Å². The van der Waals surface area contributed by atoms with E-state index in [1.54, 1.807) is 7.11 Å². The Labute approximate surface area is 114 Å². The average molecular weight is 299 g/mol. The molecule has 0 bridgehead atoms. The van der Waals surface area contributed by atoms with Gasteiger partial charge in [0.05, 0.1) is 7.11 Å². The molecular weight excluding hydrogens is 276 g/mol. The largest absolute Gasteiger partial charge is 0.497 e. The molecule has 0 aliphatic heterocycles. The van der Waals surface area contributed by atoms with E-state index in [0.29, 0.717) is 16.2 Å². The molecule has 0 aliphatic rings. The highest BCUT2D eigenvalue weighted by atomic mass is 79.9. The van der Waals surface area contributed by atoms with E-state index in [1.165, 1.54) is 5.56 Å². The SMILES string of the molecule is COc1ccc(C(Br)CC(C)C(C)(C)C)cc1.